The van der Waals surface area contributed by atoms with Gasteiger partial charge in [-0.2, -0.15) is 4.98 Å². The third kappa shape index (κ3) is 6.15. The molecule has 4 N–H and O–H groups in total. The van der Waals surface area contributed by atoms with Crippen LogP contribution in [-0.2, 0) is 18.9 Å². The number of nitrogens with two attached hydrogens (primary N) is 2. The number of carbonyl (C=O) groups excluding carboxylic acids is 3. The second kappa shape index (κ2) is 13.0. The minimum Gasteiger partial charge on any atom is -0.459 e. The molecule has 1 saturated heterocycles. The van der Waals surface area contributed by atoms with Crippen LogP contribution in [0.15, 0.2) is 101 Å². The minimum atomic E-state index is -1.63. The van der Waals surface area contributed by atoms with Crippen LogP contribution in [0.2, 0.25) is 0 Å². The molecule has 1 aliphatic rings. The molecule has 5 rings (SSSR count). The maximum Gasteiger partial charge on any atom is 0.353 e. The van der Waals surface area contributed by atoms with E-state index >= 15 is 0 Å². The normalized spacial score (nSPS) is 19.1. The molecule has 2 heterocycles. The zero-order chi connectivity index (χ0) is 31.2. The number of ether oxygens (including phenoxy) is 4. The van der Waals surface area contributed by atoms with E-state index in [4.69, 9.17) is 30.4 Å². The highest BCUT2D eigenvalue weighted by Crippen LogP contribution is 2.38. The van der Waals surface area contributed by atoms with Gasteiger partial charge in [0, 0.05) is 0 Å². The second-order valence-corrected chi connectivity index (χ2v) is 9.48. The summed E-state index contributed by atoms with van der Waals surface area (Å²) >= 11 is 0. The minimum absolute atomic E-state index is 0.129. The number of anilines is 2. The third-order valence-corrected chi connectivity index (χ3v) is 6.69. The Morgan fingerprint density at radius 1 is 0.773 bits per heavy atom. The number of carbonyl (C=O) groups is 3. The maximum atomic E-state index is 13.3. The van der Waals surface area contributed by atoms with Gasteiger partial charge < -0.3 is 30.4 Å². The molecule has 0 amide bonds. The van der Waals surface area contributed by atoms with Gasteiger partial charge in [0.15, 0.2) is 29.9 Å². The highest BCUT2D eigenvalue weighted by Gasteiger charge is 2.52. The number of nitrogen functional groups attached to an aromatic ring is 2. The molecule has 0 bridgehead atoms. The zero-order valence-electron chi connectivity index (χ0n) is 22.8. The van der Waals surface area contributed by atoms with Gasteiger partial charge in [0.05, 0.1) is 16.7 Å². The quantitative estimate of drug-likeness (QED) is 0.162. The van der Waals surface area contributed by atoms with E-state index in [0.717, 1.165) is 0 Å². The van der Waals surface area contributed by atoms with E-state index in [1.807, 2.05) is 0 Å². The summed E-state index contributed by atoms with van der Waals surface area (Å²) in [4.78, 5) is 67.4. The Hall–Kier alpha value is -5.89. The summed E-state index contributed by atoms with van der Waals surface area (Å²) in [6, 6.07) is 23.9. The summed E-state index contributed by atoms with van der Waals surface area (Å²) in [5.74, 6) is -3.49. The highest BCUT2D eigenvalue weighted by molar-refractivity contribution is 5.91. The lowest BCUT2D eigenvalue weighted by Gasteiger charge is -2.25. The van der Waals surface area contributed by atoms with Crippen LogP contribution < -0.4 is 17.2 Å². The molecular formula is C30H25N5O9. The van der Waals surface area contributed by atoms with Crippen molar-refractivity contribution in [2.75, 3.05) is 18.1 Å². The molecule has 14 heteroatoms. The number of hydrogen-bond donors (Lipinski definition) is 2. The van der Waals surface area contributed by atoms with Crippen LogP contribution in [0.25, 0.3) is 0 Å². The molecule has 0 radical (unpaired) electrons. The van der Waals surface area contributed by atoms with Crippen LogP contribution in [-0.4, -0.2) is 52.4 Å². The molecule has 0 spiro atoms. The second-order valence-electron chi connectivity index (χ2n) is 9.48. The van der Waals surface area contributed by atoms with Gasteiger partial charge in [-0.05, 0) is 41.6 Å². The van der Waals surface area contributed by atoms with Crippen LogP contribution in [0, 0.1) is 4.91 Å². The van der Waals surface area contributed by atoms with Crippen molar-refractivity contribution in [2.24, 2.45) is 5.18 Å². The smallest absolute Gasteiger partial charge is 0.353 e. The first-order valence-electron chi connectivity index (χ1n) is 13.2. The van der Waals surface area contributed by atoms with Gasteiger partial charge in [-0.3, -0.25) is 0 Å². The maximum absolute atomic E-state index is 13.3. The highest BCUT2D eigenvalue weighted by atomic mass is 16.7. The van der Waals surface area contributed by atoms with Crippen molar-refractivity contribution in [1.29, 1.82) is 0 Å². The molecule has 4 unspecified atom stereocenters. The van der Waals surface area contributed by atoms with Crippen molar-refractivity contribution in [3.63, 3.8) is 0 Å². The Morgan fingerprint density at radius 3 is 1.75 bits per heavy atom. The molecule has 14 nitrogen and oxygen atoms in total. The lowest BCUT2D eigenvalue weighted by Crippen LogP contribution is -2.43. The van der Waals surface area contributed by atoms with E-state index in [0.29, 0.717) is 4.57 Å². The summed E-state index contributed by atoms with van der Waals surface area (Å²) in [6.07, 6.45) is -5.95. The Kier molecular flexibility index (Phi) is 8.72. The van der Waals surface area contributed by atoms with E-state index in [1.165, 1.54) is 36.4 Å². The van der Waals surface area contributed by atoms with Crippen LogP contribution in [0.4, 0.5) is 17.3 Å². The Bertz CT molecular complexity index is 1730. The van der Waals surface area contributed by atoms with Crippen LogP contribution in [0.1, 0.15) is 37.3 Å². The molecule has 4 atom stereocenters. The molecule has 44 heavy (non-hydrogen) atoms. The van der Waals surface area contributed by atoms with E-state index in [1.54, 1.807) is 54.6 Å². The fraction of sp³-hybridized carbons (Fsp3) is 0.167. The van der Waals surface area contributed by atoms with Gasteiger partial charge in [-0.1, -0.05) is 54.6 Å². The van der Waals surface area contributed by atoms with Gasteiger partial charge in [0.25, 0.3) is 0 Å². The fourth-order valence-electron chi connectivity index (χ4n) is 4.56. The SMILES string of the molecule is Nc1nc(=O)n(C2OC(COC(=O)c3ccccc3)C(OC(=O)c3ccccc3)C2OC(=O)c2ccccc2)c(N)c1N=O. The van der Waals surface area contributed by atoms with Crippen molar-refractivity contribution >= 4 is 35.2 Å². The zero-order valence-corrected chi connectivity index (χ0v) is 22.8. The third-order valence-electron chi connectivity index (χ3n) is 6.69. The Labute approximate surface area is 249 Å². The molecule has 1 fully saturated rings. The molecule has 1 aromatic heterocycles. The fourth-order valence-corrected chi connectivity index (χ4v) is 4.56. The van der Waals surface area contributed by atoms with Crippen LogP contribution in [0.5, 0.6) is 0 Å². The van der Waals surface area contributed by atoms with E-state index in [-0.39, 0.29) is 16.7 Å². The van der Waals surface area contributed by atoms with Crippen LogP contribution >= 0.6 is 0 Å². The summed E-state index contributed by atoms with van der Waals surface area (Å²) in [7, 11) is 0. The first-order chi connectivity index (χ1) is 21.3. The Balaban J connectivity index is 1.56. The summed E-state index contributed by atoms with van der Waals surface area (Å²) in [5.41, 5.74) is 10.6. The van der Waals surface area contributed by atoms with E-state index < -0.39 is 72.1 Å². The van der Waals surface area contributed by atoms with Crippen molar-refractivity contribution in [3.05, 3.63) is 123 Å². The predicted octanol–water partition coefficient (Wildman–Crippen LogP) is 3.01. The largest absolute Gasteiger partial charge is 0.459 e. The molecule has 0 aliphatic carbocycles. The number of esters is 3. The number of nitrogens with zero attached hydrogens (tertiary/aromatic N) is 3. The van der Waals surface area contributed by atoms with Gasteiger partial charge in [-0.25, -0.2) is 23.7 Å². The van der Waals surface area contributed by atoms with E-state index in [2.05, 4.69) is 10.2 Å². The average molecular weight is 600 g/mol. The topological polar surface area (TPSA) is 204 Å². The van der Waals surface area contributed by atoms with Crippen molar-refractivity contribution in [2.45, 2.75) is 24.5 Å². The van der Waals surface area contributed by atoms with Crippen molar-refractivity contribution in [1.82, 2.24) is 9.55 Å². The number of rotatable bonds is 9. The monoisotopic (exact) mass is 599 g/mol. The lowest BCUT2D eigenvalue weighted by atomic mass is 10.1. The molecule has 4 aromatic rings. The molecule has 3 aromatic carbocycles. The summed E-state index contributed by atoms with van der Waals surface area (Å²) in [6.45, 7) is -0.508. The average Bonchev–Trinajstić information content (AvgIpc) is 3.36. The van der Waals surface area contributed by atoms with Crippen LogP contribution in [0.3, 0.4) is 0 Å². The van der Waals surface area contributed by atoms with Crippen molar-refractivity contribution in [3.8, 4) is 0 Å². The van der Waals surface area contributed by atoms with Gasteiger partial charge in [-0.15, -0.1) is 4.91 Å². The van der Waals surface area contributed by atoms with Gasteiger partial charge in [0.1, 0.15) is 18.5 Å². The summed E-state index contributed by atoms with van der Waals surface area (Å²) < 4.78 is 23.8. The number of aromatic nitrogens is 2. The first-order valence-corrected chi connectivity index (χ1v) is 13.2. The molecule has 224 valence electrons. The number of nitroso groups, excluding NO2 is 1. The van der Waals surface area contributed by atoms with Gasteiger partial charge in [0.2, 0.25) is 0 Å². The lowest BCUT2D eigenvalue weighted by molar-refractivity contribution is -0.0629. The standard InChI is InChI=1S/C30H25N5O9/c31-24-21(34-40)25(32)35(30(39)33-24)26-23(44-29(38)19-14-8-3-9-15-19)22(43-28(37)18-12-6-2-7-13-18)20(42-26)16-41-27(36)17-10-4-1-5-11-17/h1-15,20,22-23,26H,16,32H2,(H2,31,33,39). The Morgan fingerprint density at radius 2 is 1.25 bits per heavy atom. The first kappa shape index (κ1) is 29.6. The van der Waals surface area contributed by atoms with E-state index in [9.17, 15) is 24.1 Å². The predicted molar refractivity (Wildman–Crippen MR) is 155 cm³/mol. The summed E-state index contributed by atoms with van der Waals surface area (Å²) in [5, 5.41) is 2.76. The molecular weight excluding hydrogens is 574 g/mol. The van der Waals surface area contributed by atoms with Gasteiger partial charge >= 0.3 is 23.6 Å². The molecule has 0 saturated carbocycles. The number of hydrogen-bond acceptors (Lipinski definition) is 13. The van der Waals surface area contributed by atoms with Crippen molar-refractivity contribution < 1.29 is 33.3 Å². The molecule has 1 aliphatic heterocycles. The number of benzene rings is 3.